The van der Waals surface area contributed by atoms with Crippen LogP contribution in [-0.2, 0) is 21.6 Å². The summed E-state index contributed by atoms with van der Waals surface area (Å²) in [6.07, 6.45) is -2.25. The lowest BCUT2D eigenvalue weighted by Crippen LogP contribution is -2.59. The Hall–Kier alpha value is -2.56. The highest BCUT2D eigenvalue weighted by Crippen LogP contribution is 2.50. The van der Waals surface area contributed by atoms with Crippen LogP contribution in [-0.4, -0.2) is 23.2 Å². The molecule has 1 fully saturated rings. The molecule has 150 valence electrons. The van der Waals surface area contributed by atoms with Gasteiger partial charge in [0, 0.05) is 34.6 Å². The number of rotatable bonds is 3. The SMILES string of the molecule is O=C1Nc2ccc(Cl)cc2[C@@](C#CC2CC2)(C(F)(F)F)[C@H]1OCc1ccncc1. The molecule has 1 saturated carbocycles. The van der Waals surface area contributed by atoms with Gasteiger partial charge in [-0.3, -0.25) is 9.78 Å². The number of benzene rings is 1. The lowest BCUT2D eigenvalue weighted by Gasteiger charge is -2.41. The monoisotopic (exact) mass is 420 g/mol. The van der Waals surface area contributed by atoms with E-state index in [1.807, 2.05) is 0 Å². The number of nitrogens with one attached hydrogen (secondary N) is 1. The topological polar surface area (TPSA) is 51.2 Å². The Morgan fingerprint density at radius 3 is 2.62 bits per heavy atom. The number of alkyl halides is 3. The number of carbonyl (C=O) groups excluding carboxylic acids is 1. The number of amides is 1. The van der Waals surface area contributed by atoms with Crippen molar-refractivity contribution in [2.24, 2.45) is 5.92 Å². The fourth-order valence-electron chi connectivity index (χ4n) is 3.30. The average molecular weight is 421 g/mol. The Labute approximate surface area is 170 Å². The minimum absolute atomic E-state index is 0.0329. The van der Waals surface area contributed by atoms with Gasteiger partial charge in [-0.15, -0.1) is 0 Å². The molecule has 2 atom stereocenters. The van der Waals surface area contributed by atoms with Crippen LogP contribution in [0.3, 0.4) is 0 Å². The van der Waals surface area contributed by atoms with Gasteiger partial charge in [-0.25, -0.2) is 0 Å². The molecule has 0 radical (unpaired) electrons. The number of pyridine rings is 1. The number of aromatic nitrogens is 1. The number of ether oxygens (including phenoxy) is 1. The third-order valence-electron chi connectivity index (χ3n) is 4.96. The summed E-state index contributed by atoms with van der Waals surface area (Å²) in [4.78, 5) is 16.6. The van der Waals surface area contributed by atoms with E-state index < -0.39 is 23.6 Å². The van der Waals surface area contributed by atoms with E-state index in [0.29, 0.717) is 5.56 Å². The van der Waals surface area contributed by atoms with E-state index in [1.54, 1.807) is 12.1 Å². The Kier molecular flexibility index (Phi) is 5.01. The molecule has 1 aromatic carbocycles. The highest BCUT2D eigenvalue weighted by Gasteiger charge is 2.65. The smallest absolute Gasteiger partial charge is 0.361 e. The minimum atomic E-state index is -4.87. The highest BCUT2D eigenvalue weighted by molar-refractivity contribution is 6.30. The number of nitrogens with zero attached hydrogens (tertiary/aromatic N) is 1. The Bertz CT molecular complexity index is 996. The van der Waals surface area contributed by atoms with Crippen LogP contribution in [0.2, 0.25) is 5.02 Å². The van der Waals surface area contributed by atoms with Crippen LogP contribution >= 0.6 is 11.6 Å². The predicted octanol–water partition coefficient (Wildman–Crippen LogP) is 4.49. The number of carbonyl (C=O) groups is 1. The van der Waals surface area contributed by atoms with Crippen LogP contribution in [0, 0.1) is 17.8 Å². The molecule has 1 N–H and O–H groups in total. The molecule has 0 spiro atoms. The van der Waals surface area contributed by atoms with Crippen LogP contribution in [0.5, 0.6) is 0 Å². The van der Waals surface area contributed by atoms with Gasteiger partial charge in [-0.2, -0.15) is 13.2 Å². The largest absolute Gasteiger partial charge is 0.412 e. The van der Waals surface area contributed by atoms with Crippen LogP contribution in [0.15, 0.2) is 42.7 Å². The lowest BCUT2D eigenvalue weighted by molar-refractivity contribution is -0.208. The van der Waals surface area contributed by atoms with Gasteiger partial charge in [0.25, 0.3) is 5.91 Å². The number of anilines is 1. The fourth-order valence-corrected chi connectivity index (χ4v) is 3.47. The predicted molar refractivity (Wildman–Crippen MR) is 101 cm³/mol. The maximum atomic E-state index is 14.6. The summed E-state index contributed by atoms with van der Waals surface area (Å²) in [7, 11) is 0. The maximum Gasteiger partial charge on any atom is 0.412 e. The molecule has 0 bridgehead atoms. The minimum Gasteiger partial charge on any atom is -0.361 e. The molecule has 1 aromatic heterocycles. The van der Waals surface area contributed by atoms with Gasteiger partial charge in [0.05, 0.1) is 6.61 Å². The second-order valence-corrected chi connectivity index (χ2v) is 7.51. The summed E-state index contributed by atoms with van der Waals surface area (Å²) in [5, 5.41) is 2.62. The second kappa shape index (κ2) is 7.36. The lowest BCUT2D eigenvalue weighted by atomic mass is 9.71. The van der Waals surface area contributed by atoms with Crippen molar-refractivity contribution in [1.82, 2.24) is 4.98 Å². The molecule has 1 aliphatic heterocycles. The summed E-state index contributed by atoms with van der Waals surface area (Å²) in [5.74, 6) is 4.12. The van der Waals surface area contributed by atoms with Gasteiger partial charge < -0.3 is 10.1 Å². The van der Waals surface area contributed by atoms with Gasteiger partial charge in [-0.1, -0.05) is 23.4 Å². The zero-order chi connectivity index (χ0) is 20.6. The quantitative estimate of drug-likeness (QED) is 0.744. The normalized spacial score (nSPS) is 23.6. The zero-order valence-corrected chi connectivity index (χ0v) is 15.8. The van der Waals surface area contributed by atoms with Crippen molar-refractivity contribution in [1.29, 1.82) is 0 Å². The van der Waals surface area contributed by atoms with E-state index in [9.17, 15) is 18.0 Å². The van der Waals surface area contributed by atoms with Gasteiger partial charge in [0.15, 0.2) is 11.5 Å². The maximum absolute atomic E-state index is 14.6. The van der Waals surface area contributed by atoms with Crippen molar-refractivity contribution in [3.8, 4) is 11.8 Å². The first-order chi connectivity index (χ1) is 13.8. The van der Waals surface area contributed by atoms with Crippen molar-refractivity contribution in [2.75, 3.05) is 5.32 Å². The van der Waals surface area contributed by atoms with E-state index in [1.165, 1.54) is 30.6 Å². The molecule has 0 unspecified atom stereocenters. The van der Waals surface area contributed by atoms with Crippen LogP contribution in [0.25, 0.3) is 0 Å². The number of halogens is 4. The van der Waals surface area contributed by atoms with Crippen molar-refractivity contribution in [3.05, 3.63) is 58.9 Å². The molecule has 8 heteroatoms. The number of fused-ring (bicyclic) bond motifs is 1. The third-order valence-corrected chi connectivity index (χ3v) is 5.19. The van der Waals surface area contributed by atoms with Gasteiger partial charge in [-0.05, 0) is 48.7 Å². The molecule has 1 aliphatic carbocycles. The first-order valence-electron chi connectivity index (χ1n) is 9.02. The average Bonchev–Trinajstić information content (AvgIpc) is 3.50. The first kappa shape index (κ1) is 19.7. The van der Waals surface area contributed by atoms with Crippen LogP contribution in [0.1, 0.15) is 24.0 Å². The van der Waals surface area contributed by atoms with Crippen molar-refractivity contribution >= 4 is 23.2 Å². The van der Waals surface area contributed by atoms with E-state index in [4.69, 9.17) is 16.3 Å². The molecule has 2 aromatic rings. The highest BCUT2D eigenvalue weighted by atomic mass is 35.5. The number of hydrogen-bond acceptors (Lipinski definition) is 3. The molecule has 29 heavy (non-hydrogen) atoms. The molecule has 4 rings (SSSR count). The summed E-state index contributed by atoms with van der Waals surface area (Å²) >= 11 is 6.01. The molecule has 4 nitrogen and oxygen atoms in total. The van der Waals surface area contributed by atoms with Gasteiger partial charge >= 0.3 is 6.18 Å². The molecule has 2 heterocycles. The molecular formula is C21H16ClF3N2O2. The van der Waals surface area contributed by atoms with E-state index in [2.05, 4.69) is 22.1 Å². The molecule has 0 saturated heterocycles. The fraction of sp³-hybridized carbons (Fsp3) is 0.333. The Morgan fingerprint density at radius 2 is 1.97 bits per heavy atom. The Morgan fingerprint density at radius 1 is 1.24 bits per heavy atom. The summed E-state index contributed by atoms with van der Waals surface area (Å²) in [6, 6.07) is 7.20. The Balaban J connectivity index is 1.84. The van der Waals surface area contributed by atoms with Gasteiger partial charge in [0.2, 0.25) is 0 Å². The number of hydrogen-bond donors (Lipinski definition) is 1. The van der Waals surface area contributed by atoms with E-state index >= 15 is 0 Å². The summed E-state index contributed by atoms with van der Waals surface area (Å²) < 4.78 is 49.4. The molecule has 2 aliphatic rings. The summed E-state index contributed by atoms with van der Waals surface area (Å²) in [5.41, 5.74) is -2.39. The standard InChI is InChI=1S/C21H16ClF3N2O2/c22-15-3-4-17-16(11-15)20(21(23,24)25,8-5-13-1-2-13)18(19(28)27-17)29-12-14-6-9-26-10-7-14/h3-4,6-7,9-11,13,18H,1-2,12H2,(H,27,28)/t18-,20+/m0/s1. The zero-order valence-electron chi connectivity index (χ0n) is 15.1. The third kappa shape index (κ3) is 3.70. The van der Waals surface area contributed by atoms with Crippen molar-refractivity contribution in [2.45, 2.75) is 37.1 Å². The van der Waals surface area contributed by atoms with Crippen molar-refractivity contribution in [3.63, 3.8) is 0 Å². The van der Waals surface area contributed by atoms with Crippen molar-refractivity contribution < 1.29 is 22.7 Å². The van der Waals surface area contributed by atoms with Crippen LogP contribution in [0.4, 0.5) is 18.9 Å². The van der Waals surface area contributed by atoms with Crippen LogP contribution < -0.4 is 5.32 Å². The first-order valence-corrected chi connectivity index (χ1v) is 9.40. The second-order valence-electron chi connectivity index (χ2n) is 7.08. The van der Waals surface area contributed by atoms with Gasteiger partial charge in [0.1, 0.15) is 0 Å². The van der Waals surface area contributed by atoms with E-state index in [-0.39, 0.29) is 28.8 Å². The molecule has 1 amide bonds. The molecular weight excluding hydrogens is 405 g/mol. The van der Waals surface area contributed by atoms with E-state index in [0.717, 1.165) is 12.8 Å². The summed E-state index contributed by atoms with van der Waals surface area (Å²) in [6.45, 7) is -0.195.